The van der Waals surface area contributed by atoms with Crippen molar-refractivity contribution < 1.29 is 27.2 Å². The molecule has 0 unspecified atom stereocenters. The first kappa shape index (κ1) is 18.4. The minimum Gasteiger partial charge on any atom is -0.342 e. The normalized spacial score (nSPS) is 16.3. The van der Waals surface area contributed by atoms with Gasteiger partial charge in [0.15, 0.2) is 5.78 Å². The Labute approximate surface area is 136 Å². The summed E-state index contributed by atoms with van der Waals surface area (Å²) in [6.07, 6.45) is -4.19. The number of carbonyl (C=O) groups is 2. The number of nitrogens with zero attached hydrogens (tertiary/aromatic N) is 1. The molecule has 0 atom stereocenters. The first-order valence-corrected chi connectivity index (χ1v) is 7.57. The van der Waals surface area contributed by atoms with Crippen LogP contribution in [0.15, 0.2) is 18.2 Å². The van der Waals surface area contributed by atoms with E-state index in [1.165, 1.54) is 0 Å². The molecule has 1 saturated heterocycles. The number of alkyl halides is 3. The molecule has 0 aliphatic carbocycles. The number of benzene rings is 1. The van der Waals surface area contributed by atoms with Crippen LogP contribution in [0.5, 0.6) is 0 Å². The quantitative estimate of drug-likeness (QED) is 0.673. The Balaban J connectivity index is 2.14. The summed E-state index contributed by atoms with van der Waals surface area (Å²) in [5, 5.41) is 2.73. The van der Waals surface area contributed by atoms with Gasteiger partial charge < -0.3 is 10.2 Å². The van der Waals surface area contributed by atoms with Gasteiger partial charge in [-0.3, -0.25) is 9.59 Å². The third-order valence-corrected chi connectivity index (χ3v) is 4.10. The van der Waals surface area contributed by atoms with Gasteiger partial charge in [0.05, 0.1) is 12.1 Å². The van der Waals surface area contributed by atoms with E-state index in [-0.39, 0.29) is 25.3 Å². The second-order valence-corrected chi connectivity index (χ2v) is 5.74. The maximum Gasteiger partial charge on any atom is 0.417 e. The molecule has 0 spiro atoms. The van der Waals surface area contributed by atoms with Crippen LogP contribution in [0.25, 0.3) is 0 Å². The van der Waals surface area contributed by atoms with Crippen molar-refractivity contribution in [2.45, 2.75) is 19.0 Å². The molecule has 1 aromatic carbocycles. The van der Waals surface area contributed by atoms with Crippen LogP contribution in [0, 0.1) is 11.7 Å². The Morgan fingerprint density at radius 2 is 1.88 bits per heavy atom. The van der Waals surface area contributed by atoms with Crippen LogP contribution in [0.3, 0.4) is 0 Å². The van der Waals surface area contributed by atoms with Crippen molar-refractivity contribution in [1.29, 1.82) is 0 Å². The van der Waals surface area contributed by atoms with E-state index in [1.54, 1.807) is 11.9 Å². The standard InChI is InChI=1S/C16H18F4N2O2/c1-21-9-14(23)22-6-4-10(5-7-22)15(24)12-8-11(17)2-3-13(12)16(18,19)20/h2-3,8,10,21H,4-7,9H2,1H3. The van der Waals surface area contributed by atoms with E-state index in [2.05, 4.69) is 5.32 Å². The van der Waals surface area contributed by atoms with Gasteiger partial charge in [-0.05, 0) is 38.1 Å². The number of ketones is 1. The number of piperidine rings is 1. The number of hydrogen-bond donors (Lipinski definition) is 1. The molecule has 1 amide bonds. The van der Waals surface area contributed by atoms with Crippen LogP contribution in [0.2, 0.25) is 0 Å². The lowest BCUT2D eigenvalue weighted by atomic mass is 9.87. The summed E-state index contributed by atoms with van der Waals surface area (Å²) < 4.78 is 52.4. The monoisotopic (exact) mass is 346 g/mol. The molecule has 132 valence electrons. The Morgan fingerprint density at radius 1 is 1.25 bits per heavy atom. The molecule has 1 fully saturated rings. The molecule has 2 rings (SSSR count). The maximum atomic E-state index is 13.3. The summed E-state index contributed by atoms with van der Waals surface area (Å²) in [6.45, 7) is 0.766. The average molecular weight is 346 g/mol. The molecule has 0 radical (unpaired) electrons. The van der Waals surface area contributed by atoms with E-state index in [0.29, 0.717) is 31.3 Å². The average Bonchev–Trinajstić information content (AvgIpc) is 2.53. The van der Waals surface area contributed by atoms with Crippen molar-refractivity contribution in [3.63, 3.8) is 0 Å². The largest absolute Gasteiger partial charge is 0.417 e. The molecule has 1 aliphatic heterocycles. The highest BCUT2D eigenvalue weighted by Gasteiger charge is 2.37. The second kappa shape index (κ2) is 7.29. The summed E-state index contributed by atoms with van der Waals surface area (Å²) >= 11 is 0. The number of rotatable bonds is 4. The summed E-state index contributed by atoms with van der Waals surface area (Å²) in [5.41, 5.74) is -1.76. The Bertz CT molecular complexity index is 623. The first-order valence-electron chi connectivity index (χ1n) is 7.57. The Hall–Kier alpha value is -1.96. The molecular weight excluding hydrogens is 328 g/mol. The first-order chi connectivity index (χ1) is 11.2. The van der Waals surface area contributed by atoms with E-state index < -0.39 is 34.8 Å². The predicted octanol–water partition coefficient (Wildman–Crippen LogP) is 2.49. The molecule has 0 aromatic heterocycles. The van der Waals surface area contributed by atoms with E-state index in [9.17, 15) is 27.2 Å². The minimum atomic E-state index is -4.72. The maximum absolute atomic E-state index is 13.3. The lowest BCUT2D eigenvalue weighted by Gasteiger charge is -2.31. The number of amides is 1. The van der Waals surface area contributed by atoms with Gasteiger partial charge in [-0.25, -0.2) is 4.39 Å². The van der Waals surface area contributed by atoms with Crippen LogP contribution >= 0.6 is 0 Å². The molecule has 8 heteroatoms. The third-order valence-electron chi connectivity index (χ3n) is 4.10. The van der Waals surface area contributed by atoms with Crippen molar-refractivity contribution >= 4 is 11.7 Å². The van der Waals surface area contributed by atoms with E-state index in [1.807, 2.05) is 0 Å². The molecule has 4 nitrogen and oxygen atoms in total. The predicted molar refractivity (Wildman–Crippen MR) is 79.0 cm³/mol. The number of nitrogens with one attached hydrogen (secondary N) is 1. The van der Waals surface area contributed by atoms with Gasteiger partial charge in [-0.2, -0.15) is 13.2 Å². The van der Waals surface area contributed by atoms with Crippen molar-refractivity contribution in [1.82, 2.24) is 10.2 Å². The number of halogens is 4. The van der Waals surface area contributed by atoms with Crippen LogP contribution in [-0.4, -0.2) is 43.3 Å². The van der Waals surface area contributed by atoms with Crippen LogP contribution in [0.1, 0.15) is 28.8 Å². The lowest BCUT2D eigenvalue weighted by molar-refractivity contribution is -0.138. The summed E-state index contributed by atoms with van der Waals surface area (Å²) in [4.78, 5) is 25.8. The Kier molecular flexibility index (Phi) is 5.58. The number of Topliss-reactive ketones (excluding diaryl/α,β-unsaturated/α-hetero) is 1. The lowest BCUT2D eigenvalue weighted by Crippen LogP contribution is -2.43. The minimum absolute atomic E-state index is 0.120. The number of carbonyl (C=O) groups excluding carboxylic acids is 2. The fourth-order valence-electron chi connectivity index (χ4n) is 2.84. The second-order valence-electron chi connectivity index (χ2n) is 5.74. The van der Waals surface area contributed by atoms with Gasteiger partial charge >= 0.3 is 6.18 Å². The summed E-state index contributed by atoms with van der Waals surface area (Å²) in [5.74, 6) is -2.37. The zero-order valence-corrected chi connectivity index (χ0v) is 13.1. The van der Waals surface area contributed by atoms with Crippen molar-refractivity contribution in [3.8, 4) is 0 Å². The molecule has 1 aliphatic rings. The summed E-state index contributed by atoms with van der Waals surface area (Å²) in [7, 11) is 1.64. The van der Waals surface area contributed by atoms with Crippen LogP contribution < -0.4 is 5.32 Å². The van der Waals surface area contributed by atoms with E-state index >= 15 is 0 Å². The third kappa shape index (κ3) is 4.11. The zero-order chi connectivity index (χ0) is 17.9. The SMILES string of the molecule is CNCC(=O)N1CCC(C(=O)c2cc(F)ccc2C(F)(F)F)CC1. The molecule has 1 aromatic rings. The Morgan fingerprint density at radius 3 is 2.42 bits per heavy atom. The molecule has 24 heavy (non-hydrogen) atoms. The molecular formula is C16H18F4N2O2. The topological polar surface area (TPSA) is 49.4 Å². The van der Waals surface area contributed by atoms with Crippen molar-refractivity contribution in [2.75, 3.05) is 26.7 Å². The zero-order valence-electron chi connectivity index (χ0n) is 13.1. The molecule has 0 saturated carbocycles. The summed E-state index contributed by atoms with van der Waals surface area (Å²) in [6, 6.07) is 1.93. The number of hydrogen-bond acceptors (Lipinski definition) is 3. The van der Waals surface area contributed by atoms with Gasteiger partial charge in [0.2, 0.25) is 5.91 Å². The van der Waals surface area contributed by atoms with Crippen molar-refractivity contribution in [3.05, 3.63) is 35.1 Å². The van der Waals surface area contributed by atoms with E-state index in [4.69, 9.17) is 0 Å². The van der Waals surface area contributed by atoms with Crippen molar-refractivity contribution in [2.24, 2.45) is 5.92 Å². The highest BCUT2D eigenvalue weighted by Crippen LogP contribution is 2.34. The van der Waals surface area contributed by atoms with Crippen LogP contribution in [-0.2, 0) is 11.0 Å². The highest BCUT2D eigenvalue weighted by molar-refractivity contribution is 5.99. The smallest absolute Gasteiger partial charge is 0.342 e. The van der Waals surface area contributed by atoms with Gasteiger partial charge in [0.25, 0.3) is 0 Å². The van der Waals surface area contributed by atoms with E-state index in [0.717, 1.165) is 0 Å². The highest BCUT2D eigenvalue weighted by atomic mass is 19.4. The van der Waals surface area contributed by atoms with Gasteiger partial charge in [0, 0.05) is 24.6 Å². The van der Waals surface area contributed by atoms with Gasteiger partial charge in [-0.1, -0.05) is 0 Å². The number of likely N-dealkylation sites (N-methyl/N-ethyl adjacent to an activating group) is 1. The molecule has 0 bridgehead atoms. The van der Waals surface area contributed by atoms with Crippen LogP contribution in [0.4, 0.5) is 17.6 Å². The fourth-order valence-corrected chi connectivity index (χ4v) is 2.84. The van der Waals surface area contributed by atoms with Gasteiger partial charge in [-0.15, -0.1) is 0 Å². The fraction of sp³-hybridized carbons (Fsp3) is 0.500. The van der Waals surface area contributed by atoms with Gasteiger partial charge in [0.1, 0.15) is 5.82 Å². The number of likely N-dealkylation sites (tertiary alicyclic amines) is 1. The molecule has 1 heterocycles. The molecule has 1 N–H and O–H groups in total.